The van der Waals surface area contributed by atoms with E-state index < -0.39 is 0 Å². The Balaban J connectivity index is 1.47. The molecule has 0 spiro atoms. The van der Waals surface area contributed by atoms with E-state index in [1.165, 1.54) is 0 Å². The Labute approximate surface area is 118 Å². The number of rotatable bonds is 7. The molecule has 2 rings (SSSR count). The third kappa shape index (κ3) is 5.46. The first-order chi connectivity index (χ1) is 9.74. The van der Waals surface area contributed by atoms with Crippen molar-refractivity contribution in [3.8, 4) is 0 Å². The first kappa shape index (κ1) is 15.3. The zero-order valence-corrected chi connectivity index (χ0v) is 11.7. The van der Waals surface area contributed by atoms with Crippen molar-refractivity contribution >= 4 is 11.9 Å². The van der Waals surface area contributed by atoms with Crippen molar-refractivity contribution in [3.63, 3.8) is 0 Å². The molecule has 2 fully saturated rings. The highest BCUT2D eigenvalue weighted by Crippen LogP contribution is 2.12. The molecule has 0 radical (unpaired) electrons. The fraction of sp³-hybridized carbons (Fsp3) is 0.857. The SMILES string of the molecule is O=C(CCCCC(=O)OC1CCOC1)OC1CCOC1. The second-order valence-electron chi connectivity index (χ2n) is 5.16. The maximum Gasteiger partial charge on any atom is 0.306 e. The summed E-state index contributed by atoms with van der Waals surface area (Å²) in [5.74, 6) is -0.420. The van der Waals surface area contributed by atoms with E-state index in [9.17, 15) is 9.59 Å². The Hall–Kier alpha value is -1.14. The van der Waals surface area contributed by atoms with E-state index in [-0.39, 0.29) is 24.1 Å². The summed E-state index contributed by atoms with van der Waals surface area (Å²) in [4.78, 5) is 23.0. The van der Waals surface area contributed by atoms with E-state index in [0.29, 0.717) is 52.1 Å². The Bertz CT molecular complexity index is 286. The molecule has 2 saturated heterocycles. The molecular formula is C14H22O6. The zero-order chi connectivity index (χ0) is 14.2. The van der Waals surface area contributed by atoms with Gasteiger partial charge in [-0.25, -0.2) is 0 Å². The van der Waals surface area contributed by atoms with Crippen molar-refractivity contribution in [1.29, 1.82) is 0 Å². The lowest BCUT2D eigenvalue weighted by Crippen LogP contribution is -2.18. The predicted octanol–water partition coefficient (Wildman–Crippen LogP) is 1.21. The van der Waals surface area contributed by atoms with Gasteiger partial charge < -0.3 is 18.9 Å². The fourth-order valence-corrected chi connectivity index (χ4v) is 2.24. The maximum absolute atomic E-state index is 11.5. The lowest BCUT2D eigenvalue weighted by molar-refractivity contribution is -0.151. The van der Waals surface area contributed by atoms with E-state index in [2.05, 4.69) is 0 Å². The number of carbonyl (C=O) groups is 2. The largest absolute Gasteiger partial charge is 0.460 e. The van der Waals surface area contributed by atoms with Crippen LogP contribution in [0, 0.1) is 0 Å². The molecule has 2 aliphatic rings. The molecule has 0 aromatic carbocycles. The molecule has 114 valence electrons. The quantitative estimate of drug-likeness (QED) is 0.517. The maximum atomic E-state index is 11.5. The van der Waals surface area contributed by atoms with E-state index in [4.69, 9.17) is 18.9 Å². The lowest BCUT2D eigenvalue weighted by atomic mass is 10.2. The van der Waals surface area contributed by atoms with Crippen molar-refractivity contribution in [2.75, 3.05) is 26.4 Å². The van der Waals surface area contributed by atoms with Crippen LogP contribution in [0.2, 0.25) is 0 Å². The summed E-state index contributed by atoms with van der Waals surface area (Å²) in [5, 5.41) is 0. The Kier molecular flexibility index (Phi) is 6.26. The Morgan fingerprint density at radius 1 is 0.850 bits per heavy atom. The highest BCUT2D eigenvalue weighted by atomic mass is 16.6. The van der Waals surface area contributed by atoms with Crippen molar-refractivity contribution in [2.24, 2.45) is 0 Å². The molecule has 20 heavy (non-hydrogen) atoms. The van der Waals surface area contributed by atoms with Gasteiger partial charge in [0.15, 0.2) is 0 Å². The summed E-state index contributed by atoms with van der Waals surface area (Å²) in [7, 11) is 0. The van der Waals surface area contributed by atoms with Gasteiger partial charge in [-0.2, -0.15) is 0 Å². The van der Waals surface area contributed by atoms with Gasteiger partial charge in [-0.3, -0.25) is 9.59 Å². The van der Waals surface area contributed by atoms with Crippen LogP contribution in [0.1, 0.15) is 38.5 Å². The summed E-state index contributed by atoms with van der Waals surface area (Å²) in [6, 6.07) is 0. The molecule has 2 unspecified atom stereocenters. The second kappa shape index (κ2) is 8.21. The van der Waals surface area contributed by atoms with Gasteiger partial charge in [-0.05, 0) is 12.8 Å². The second-order valence-corrected chi connectivity index (χ2v) is 5.16. The Morgan fingerprint density at radius 3 is 1.65 bits per heavy atom. The molecule has 2 atom stereocenters. The van der Waals surface area contributed by atoms with Gasteiger partial charge in [0.25, 0.3) is 0 Å². The van der Waals surface area contributed by atoms with Crippen molar-refractivity contribution in [2.45, 2.75) is 50.7 Å². The monoisotopic (exact) mass is 286 g/mol. The molecular weight excluding hydrogens is 264 g/mol. The highest BCUT2D eigenvalue weighted by Gasteiger charge is 2.21. The third-order valence-electron chi connectivity index (χ3n) is 3.38. The molecule has 0 N–H and O–H groups in total. The zero-order valence-electron chi connectivity index (χ0n) is 11.7. The minimum atomic E-state index is -0.210. The van der Waals surface area contributed by atoms with Crippen LogP contribution in [-0.2, 0) is 28.5 Å². The van der Waals surface area contributed by atoms with Gasteiger partial charge in [0, 0.05) is 25.7 Å². The van der Waals surface area contributed by atoms with E-state index in [1.807, 2.05) is 0 Å². The smallest absolute Gasteiger partial charge is 0.306 e. The fourth-order valence-electron chi connectivity index (χ4n) is 2.24. The predicted molar refractivity (Wildman–Crippen MR) is 69.1 cm³/mol. The van der Waals surface area contributed by atoms with Crippen molar-refractivity contribution in [1.82, 2.24) is 0 Å². The van der Waals surface area contributed by atoms with Crippen LogP contribution in [0.15, 0.2) is 0 Å². The normalized spacial score (nSPS) is 25.6. The van der Waals surface area contributed by atoms with Crippen LogP contribution < -0.4 is 0 Å². The summed E-state index contributed by atoms with van der Waals surface area (Å²) in [5.41, 5.74) is 0. The Morgan fingerprint density at radius 2 is 1.30 bits per heavy atom. The van der Waals surface area contributed by atoms with Gasteiger partial charge >= 0.3 is 11.9 Å². The molecule has 0 aromatic rings. The lowest BCUT2D eigenvalue weighted by Gasteiger charge is -2.11. The number of esters is 2. The summed E-state index contributed by atoms with van der Waals surface area (Å²) in [6.45, 7) is 2.33. The van der Waals surface area contributed by atoms with Gasteiger partial charge in [0.05, 0.1) is 26.4 Å². The van der Waals surface area contributed by atoms with Gasteiger partial charge in [0.1, 0.15) is 12.2 Å². The van der Waals surface area contributed by atoms with Crippen LogP contribution in [0.5, 0.6) is 0 Å². The average Bonchev–Trinajstić information content (AvgIpc) is 3.08. The molecule has 0 bridgehead atoms. The standard InChI is InChI=1S/C14H22O6/c15-13(19-11-5-7-17-9-11)3-1-2-4-14(16)20-12-6-8-18-10-12/h11-12H,1-10H2. The minimum absolute atomic E-state index is 0.0881. The van der Waals surface area contributed by atoms with Crippen LogP contribution in [-0.4, -0.2) is 50.6 Å². The number of carbonyl (C=O) groups excluding carboxylic acids is 2. The summed E-state index contributed by atoms with van der Waals surface area (Å²) < 4.78 is 20.7. The number of hydrogen-bond donors (Lipinski definition) is 0. The molecule has 0 saturated carbocycles. The van der Waals surface area contributed by atoms with Crippen LogP contribution in [0.25, 0.3) is 0 Å². The van der Waals surface area contributed by atoms with Crippen molar-refractivity contribution < 1.29 is 28.5 Å². The first-order valence-corrected chi connectivity index (χ1v) is 7.28. The number of unbranched alkanes of at least 4 members (excludes halogenated alkanes) is 1. The van der Waals surface area contributed by atoms with Crippen LogP contribution >= 0.6 is 0 Å². The molecule has 2 heterocycles. The van der Waals surface area contributed by atoms with Gasteiger partial charge in [-0.1, -0.05) is 0 Å². The summed E-state index contributed by atoms with van der Waals surface area (Å²) in [6.07, 6.45) is 3.35. The molecule has 2 aliphatic heterocycles. The minimum Gasteiger partial charge on any atom is -0.460 e. The first-order valence-electron chi connectivity index (χ1n) is 7.28. The van der Waals surface area contributed by atoms with E-state index >= 15 is 0 Å². The summed E-state index contributed by atoms with van der Waals surface area (Å²) >= 11 is 0. The van der Waals surface area contributed by atoms with Crippen LogP contribution in [0.4, 0.5) is 0 Å². The third-order valence-corrected chi connectivity index (χ3v) is 3.38. The molecule has 0 amide bonds. The van der Waals surface area contributed by atoms with E-state index in [1.54, 1.807) is 0 Å². The molecule has 0 aromatic heterocycles. The van der Waals surface area contributed by atoms with Crippen molar-refractivity contribution in [3.05, 3.63) is 0 Å². The highest BCUT2D eigenvalue weighted by molar-refractivity contribution is 5.70. The molecule has 0 aliphatic carbocycles. The molecule has 6 nitrogen and oxygen atoms in total. The van der Waals surface area contributed by atoms with Crippen LogP contribution in [0.3, 0.4) is 0 Å². The molecule has 6 heteroatoms. The topological polar surface area (TPSA) is 71.1 Å². The van der Waals surface area contributed by atoms with E-state index in [0.717, 1.165) is 12.8 Å². The number of hydrogen-bond acceptors (Lipinski definition) is 6. The average molecular weight is 286 g/mol. The van der Waals surface area contributed by atoms with Gasteiger partial charge in [-0.15, -0.1) is 0 Å². The van der Waals surface area contributed by atoms with Gasteiger partial charge in [0.2, 0.25) is 0 Å². The number of ether oxygens (including phenoxy) is 4.